The van der Waals surface area contributed by atoms with Gasteiger partial charge in [0.05, 0.1) is 6.07 Å². The van der Waals surface area contributed by atoms with Gasteiger partial charge in [0.15, 0.2) is 0 Å². The third-order valence-corrected chi connectivity index (χ3v) is 2.17. The number of nitriles is 1. The maximum Gasteiger partial charge on any atom is 0.488 e. The fourth-order valence-electron chi connectivity index (χ4n) is 1.35. The van der Waals surface area contributed by atoms with E-state index in [0.717, 1.165) is 11.1 Å². The molecule has 0 aliphatic heterocycles. The number of benzene rings is 1. The van der Waals surface area contributed by atoms with E-state index < -0.39 is 7.12 Å². The standard InChI is InChI=1S/C10H12BNO2/c1-8-7-10(11(13)14)5-4-9(8)3-2-6-12/h4-5,7,13-14H,2-3H2,1H3. The van der Waals surface area contributed by atoms with Gasteiger partial charge >= 0.3 is 7.12 Å². The molecule has 0 unspecified atom stereocenters. The van der Waals surface area contributed by atoms with Crippen LogP contribution in [0.1, 0.15) is 17.5 Å². The van der Waals surface area contributed by atoms with Gasteiger partial charge in [0.1, 0.15) is 0 Å². The fraction of sp³-hybridized carbons (Fsp3) is 0.300. The smallest absolute Gasteiger partial charge is 0.423 e. The van der Waals surface area contributed by atoms with Crippen LogP contribution in [-0.2, 0) is 6.42 Å². The summed E-state index contributed by atoms with van der Waals surface area (Å²) in [5.41, 5.74) is 2.56. The van der Waals surface area contributed by atoms with Crippen LogP contribution in [0.5, 0.6) is 0 Å². The molecular formula is C10H12BNO2. The number of aryl methyl sites for hydroxylation is 2. The minimum absolute atomic E-state index is 0.488. The molecule has 0 fully saturated rings. The van der Waals surface area contributed by atoms with Gasteiger partial charge in [-0.25, -0.2) is 0 Å². The van der Waals surface area contributed by atoms with E-state index in [-0.39, 0.29) is 0 Å². The van der Waals surface area contributed by atoms with Gasteiger partial charge in [-0.3, -0.25) is 0 Å². The Kier molecular flexibility index (Phi) is 3.69. The van der Waals surface area contributed by atoms with Crippen LogP contribution < -0.4 is 5.46 Å². The number of nitrogens with zero attached hydrogens (tertiary/aromatic N) is 1. The predicted octanol–water partition coefficient (Wildman–Crippen LogP) is 0.131. The van der Waals surface area contributed by atoms with Crippen molar-refractivity contribution in [2.45, 2.75) is 19.8 Å². The van der Waals surface area contributed by atoms with E-state index in [9.17, 15) is 0 Å². The molecule has 0 aliphatic rings. The normalized spacial score (nSPS) is 9.57. The molecule has 0 atom stereocenters. The summed E-state index contributed by atoms with van der Waals surface area (Å²) >= 11 is 0. The lowest BCUT2D eigenvalue weighted by atomic mass is 9.79. The SMILES string of the molecule is Cc1cc(B(O)O)ccc1CCC#N. The van der Waals surface area contributed by atoms with Crippen LogP contribution >= 0.6 is 0 Å². The molecule has 72 valence electrons. The van der Waals surface area contributed by atoms with Crippen molar-refractivity contribution in [3.8, 4) is 6.07 Å². The van der Waals surface area contributed by atoms with Crippen molar-refractivity contribution < 1.29 is 10.0 Å². The Hall–Kier alpha value is -1.31. The molecule has 0 heterocycles. The van der Waals surface area contributed by atoms with Crippen molar-refractivity contribution in [3.63, 3.8) is 0 Å². The second kappa shape index (κ2) is 4.80. The first kappa shape index (κ1) is 10.8. The Morgan fingerprint density at radius 1 is 1.43 bits per heavy atom. The zero-order chi connectivity index (χ0) is 10.6. The molecule has 0 amide bonds. The maximum absolute atomic E-state index is 8.92. The number of hydrogen-bond donors (Lipinski definition) is 2. The molecule has 0 bridgehead atoms. The molecule has 0 saturated carbocycles. The highest BCUT2D eigenvalue weighted by molar-refractivity contribution is 6.58. The Morgan fingerprint density at radius 3 is 2.64 bits per heavy atom. The lowest BCUT2D eigenvalue weighted by Gasteiger charge is -2.06. The lowest BCUT2D eigenvalue weighted by molar-refractivity contribution is 0.425. The first-order chi connectivity index (χ1) is 6.65. The molecule has 2 N–H and O–H groups in total. The average Bonchev–Trinajstić information content (AvgIpc) is 2.15. The molecule has 14 heavy (non-hydrogen) atoms. The van der Waals surface area contributed by atoms with Gasteiger partial charge in [0.25, 0.3) is 0 Å². The van der Waals surface area contributed by atoms with Crippen LogP contribution in [0.3, 0.4) is 0 Å². The highest BCUT2D eigenvalue weighted by atomic mass is 16.4. The van der Waals surface area contributed by atoms with E-state index >= 15 is 0 Å². The zero-order valence-corrected chi connectivity index (χ0v) is 8.07. The summed E-state index contributed by atoms with van der Waals surface area (Å²) in [5, 5.41) is 26.3. The Balaban J connectivity index is 2.85. The van der Waals surface area contributed by atoms with Crippen molar-refractivity contribution in [2.24, 2.45) is 0 Å². The molecule has 4 heteroatoms. The van der Waals surface area contributed by atoms with Crippen molar-refractivity contribution in [2.75, 3.05) is 0 Å². The first-order valence-corrected chi connectivity index (χ1v) is 4.47. The minimum atomic E-state index is -1.42. The Morgan fingerprint density at radius 2 is 2.14 bits per heavy atom. The summed E-state index contributed by atoms with van der Waals surface area (Å²) < 4.78 is 0. The van der Waals surface area contributed by atoms with Crippen LogP contribution in [0.25, 0.3) is 0 Å². The monoisotopic (exact) mass is 189 g/mol. The van der Waals surface area contributed by atoms with Crippen molar-refractivity contribution >= 4 is 12.6 Å². The van der Waals surface area contributed by atoms with Crippen molar-refractivity contribution in [1.82, 2.24) is 0 Å². The topological polar surface area (TPSA) is 64.2 Å². The largest absolute Gasteiger partial charge is 0.488 e. The van der Waals surface area contributed by atoms with E-state index in [1.165, 1.54) is 0 Å². The van der Waals surface area contributed by atoms with E-state index in [2.05, 4.69) is 6.07 Å². The van der Waals surface area contributed by atoms with Crippen LogP contribution in [-0.4, -0.2) is 17.2 Å². The first-order valence-electron chi connectivity index (χ1n) is 4.47. The van der Waals surface area contributed by atoms with Crippen molar-refractivity contribution in [3.05, 3.63) is 29.3 Å². The second-order valence-electron chi connectivity index (χ2n) is 3.22. The quantitative estimate of drug-likeness (QED) is 0.664. The van der Waals surface area contributed by atoms with Crippen molar-refractivity contribution in [1.29, 1.82) is 5.26 Å². The Labute approximate surface area is 83.8 Å². The lowest BCUT2D eigenvalue weighted by Crippen LogP contribution is -2.30. The number of rotatable bonds is 3. The summed E-state index contributed by atoms with van der Waals surface area (Å²) in [5.74, 6) is 0. The molecule has 3 nitrogen and oxygen atoms in total. The molecular weight excluding hydrogens is 177 g/mol. The Bertz CT molecular complexity index is 358. The van der Waals surface area contributed by atoms with E-state index in [4.69, 9.17) is 15.3 Å². The highest BCUT2D eigenvalue weighted by Gasteiger charge is 2.11. The third-order valence-electron chi connectivity index (χ3n) is 2.17. The molecule has 1 rings (SSSR count). The van der Waals surface area contributed by atoms with E-state index in [1.807, 2.05) is 13.0 Å². The highest BCUT2D eigenvalue weighted by Crippen LogP contribution is 2.08. The molecule has 0 aromatic heterocycles. The second-order valence-corrected chi connectivity index (χ2v) is 3.22. The fourth-order valence-corrected chi connectivity index (χ4v) is 1.35. The summed E-state index contributed by atoms with van der Waals surface area (Å²) in [6, 6.07) is 7.32. The van der Waals surface area contributed by atoms with Gasteiger partial charge < -0.3 is 10.0 Å². The number of hydrogen-bond acceptors (Lipinski definition) is 3. The summed E-state index contributed by atoms with van der Waals surface area (Å²) in [7, 11) is -1.42. The molecule has 0 saturated heterocycles. The molecule has 0 aliphatic carbocycles. The van der Waals surface area contributed by atoms with Gasteiger partial charge in [-0.05, 0) is 29.9 Å². The van der Waals surface area contributed by atoms with Crippen LogP contribution in [0.2, 0.25) is 0 Å². The van der Waals surface area contributed by atoms with Crippen LogP contribution in [0.15, 0.2) is 18.2 Å². The van der Waals surface area contributed by atoms with Gasteiger partial charge in [-0.2, -0.15) is 5.26 Å². The molecule has 1 aromatic rings. The molecule has 0 radical (unpaired) electrons. The van der Waals surface area contributed by atoms with Gasteiger partial charge in [0, 0.05) is 6.42 Å². The third kappa shape index (κ3) is 2.59. The summed E-state index contributed by atoms with van der Waals surface area (Å²) in [6.45, 7) is 1.90. The predicted molar refractivity (Wildman–Crippen MR) is 54.9 cm³/mol. The van der Waals surface area contributed by atoms with E-state index in [0.29, 0.717) is 18.3 Å². The summed E-state index contributed by atoms with van der Waals surface area (Å²) in [6.07, 6.45) is 1.20. The minimum Gasteiger partial charge on any atom is -0.423 e. The van der Waals surface area contributed by atoms with E-state index in [1.54, 1.807) is 12.1 Å². The van der Waals surface area contributed by atoms with Gasteiger partial charge in [-0.15, -0.1) is 0 Å². The molecule has 1 aromatic carbocycles. The molecule has 0 spiro atoms. The maximum atomic E-state index is 8.92. The summed E-state index contributed by atoms with van der Waals surface area (Å²) in [4.78, 5) is 0. The van der Waals surface area contributed by atoms with Crippen LogP contribution in [0.4, 0.5) is 0 Å². The average molecular weight is 189 g/mol. The van der Waals surface area contributed by atoms with Crippen LogP contribution in [0, 0.1) is 18.3 Å². The van der Waals surface area contributed by atoms with Gasteiger partial charge in [0.2, 0.25) is 0 Å². The zero-order valence-electron chi connectivity index (χ0n) is 8.07. The van der Waals surface area contributed by atoms with Gasteiger partial charge in [-0.1, -0.05) is 18.2 Å².